The molecule has 1 N–H and O–H groups in total. The Morgan fingerprint density at radius 1 is 1.50 bits per heavy atom. The lowest BCUT2D eigenvalue weighted by molar-refractivity contribution is 0.174. The quantitative estimate of drug-likeness (QED) is 0.786. The Kier molecular flexibility index (Phi) is 2.96. The Balaban J connectivity index is 1.94. The second kappa shape index (κ2) is 4.21. The summed E-state index contributed by atoms with van der Waals surface area (Å²) >= 11 is 5.62. The second-order valence-corrected chi connectivity index (χ2v) is 3.90. The summed E-state index contributed by atoms with van der Waals surface area (Å²) in [5, 5.41) is 9.74. The highest BCUT2D eigenvalue weighted by Gasteiger charge is 2.20. The zero-order chi connectivity index (χ0) is 9.97. The molecule has 0 spiro atoms. The smallest absolute Gasteiger partial charge is 0.147 e. The van der Waals surface area contributed by atoms with Crippen molar-refractivity contribution in [3.63, 3.8) is 0 Å². The number of aliphatic hydroxyl groups is 1. The lowest BCUT2D eigenvalue weighted by atomic mass is 10.3. The Hall–Kier alpha value is -0.710. The molecule has 1 aromatic heterocycles. The maximum Gasteiger partial charge on any atom is 0.147 e. The number of β-amino-alcohol motifs (C(OH)–C–C–N with tert-alkyl or cyclic N) is 1. The summed E-state index contributed by atoms with van der Waals surface area (Å²) in [6.07, 6.45) is 3.88. The van der Waals surface area contributed by atoms with E-state index in [1.165, 1.54) is 0 Å². The van der Waals surface area contributed by atoms with Crippen LogP contribution in [-0.2, 0) is 6.54 Å². The van der Waals surface area contributed by atoms with Gasteiger partial charge in [0.1, 0.15) is 5.15 Å². The highest BCUT2D eigenvalue weighted by molar-refractivity contribution is 6.29. The number of rotatable bonds is 2. The van der Waals surface area contributed by atoms with Crippen LogP contribution in [0.1, 0.15) is 12.1 Å². The molecular formula is C9H12ClN3O. The summed E-state index contributed by atoms with van der Waals surface area (Å²) in [4.78, 5) is 10.3. The average molecular weight is 214 g/mol. The first-order chi connectivity index (χ1) is 6.74. The van der Waals surface area contributed by atoms with Gasteiger partial charge in [0.25, 0.3) is 0 Å². The van der Waals surface area contributed by atoms with Crippen molar-refractivity contribution in [1.29, 1.82) is 0 Å². The Labute approximate surface area is 87.5 Å². The van der Waals surface area contributed by atoms with Crippen LogP contribution in [0.5, 0.6) is 0 Å². The predicted octanol–water partition coefficient (Wildman–Crippen LogP) is 0.697. The van der Waals surface area contributed by atoms with Gasteiger partial charge in [-0.1, -0.05) is 11.6 Å². The Morgan fingerprint density at radius 3 is 2.93 bits per heavy atom. The van der Waals surface area contributed by atoms with Crippen LogP contribution < -0.4 is 0 Å². The fraction of sp³-hybridized carbons (Fsp3) is 0.556. The second-order valence-electron chi connectivity index (χ2n) is 3.51. The molecule has 5 heteroatoms. The molecule has 1 fully saturated rings. The van der Waals surface area contributed by atoms with Crippen molar-refractivity contribution in [2.24, 2.45) is 0 Å². The Bertz CT molecular complexity index is 303. The molecule has 1 aliphatic rings. The minimum Gasteiger partial charge on any atom is -0.392 e. The van der Waals surface area contributed by atoms with E-state index in [2.05, 4.69) is 14.9 Å². The maximum absolute atomic E-state index is 9.32. The lowest BCUT2D eigenvalue weighted by Gasteiger charge is -2.13. The molecule has 0 saturated carbocycles. The molecule has 0 radical (unpaired) electrons. The molecule has 1 atom stereocenters. The standard InChI is InChI=1S/C9H12ClN3O/c10-9-4-11-7(3-12-9)5-13-2-1-8(14)6-13/h3-4,8,14H,1-2,5-6H2/t8-/m1/s1. The SMILES string of the molecule is O[C@@H]1CCN(Cc2cnc(Cl)cn2)C1. The summed E-state index contributed by atoms with van der Waals surface area (Å²) in [7, 11) is 0. The van der Waals surface area contributed by atoms with Crippen molar-refractivity contribution in [3.05, 3.63) is 23.2 Å². The van der Waals surface area contributed by atoms with Gasteiger partial charge in [0.05, 0.1) is 24.2 Å². The lowest BCUT2D eigenvalue weighted by Crippen LogP contribution is -2.22. The van der Waals surface area contributed by atoms with Crippen LogP contribution in [0.2, 0.25) is 5.15 Å². The van der Waals surface area contributed by atoms with E-state index >= 15 is 0 Å². The number of halogens is 1. The fourth-order valence-electron chi connectivity index (χ4n) is 1.61. The van der Waals surface area contributed by atoms with Gasteiger partial charge in [-0.15, -0.1) is 0 Å². The molecule has 2 rings (SSSR count). The van der Waals surface area contributed by atoms with Crippen LogP contribution in [0.3, 0.4) is 0 Å². The summed E-state index contributed by atoms with van der Waals surface area (Å²) in [5.41, 5.74) is 0.892. The number of hydrogen-bond donors (Lipinski definition) is 1. The van der Waals surface area contributed by atoms with Gasteiger partial charge in [0.15, 0.2) is 0 Å². The topological polar surface area (TPSA) is 49.2 Å². The third-order valence-electron chi connectivity index (χ3n) is 2.31. The van der Waals surface area contributed by atoms with E-state index in [1.807, 2.05) is 0 Å². The number of likely N-dealkylation sites (tertiary alicyclic amines) is 1. The third-order valence-corrected chi connectivity index (χ3v) is 2.50. The van der Waals surface area contributed by atoms with Crippen molar-refractivity contribution in [1.82, 2.24) is 14.9 Å². The molecule has 1 saturated heterocycles. The van der Waals surface area contributed by atoms with Gasteiger partial charge in [-0.2, -0.15) is 0 Å². The normalized spacial score (nSPS) is 22.9. The van der Waals surface area contributed by atoms with E-state index in [1.54, 1.807) is 12.4 Å². The van der Waals surface area contributed by atoms with Crippen LogP contribution in [0.15, 0.2) is 12.4 Å². The number of aromatic nitrogens is 2. The monoisotopic (exact) mass is 213 g/mol. The van der Waals surface area contributed by atoms with Crippen LogP contribution >= 0.6 is 11.6 Å². The van der Waals surface area contributed by atoms with Crippen molar-refractivity contribution in [2.75, 3.05) is 13.1 Å². The third kappa shape index (κ3) is 2.41. The number of nitrogens with zero attached hydrogens (tertiary/aromatic N) is 3. The first-order valence-electron chi connectivity index (χ1n) is 4.61. The van der Waals surface area contributed by atoms with Gasteiger partial charge in [-0.3, -0.25) is 9.88 Å². The van der Waals surface area contributed by atoms with Gasteiger partial charge in [0, 0.05) is 19.6 Å². The summed E-state index contributed by atoms with van der Waals surface area (Å²) in [5.74, 6) is 0. The summed E-state index contributed by atoms with van der Waals surface area (Å²) in [6.45, 7) is 2.39. The van der Waals surface area contributed by atoms with Crippen LogP contribution in [0.25, 0.3) is 0 Å². The van der Waals surface area contributed by atoms with Crippen molar-refractivity contribution < 1.29 is 5.11 Å². The first-order valence-corrected chi connectivity index (χ1v) is 4.98. The molecule has 0 bridgehead atoms. The highest BCUT2D eigenvalue weighted by atomic mass is 35.5. The van der Waals surface area contributed by atoms with E-state index in [-0.39, 0.29) is 6.10 Å². The van der Waals surface area contributed by atoms with Gasteiger partial charge < -0.3 is 5.11 Å². The van der Waals surface area contributed by atoms with E-state index in [4.69, 9.17) is 11.6 Å². The Morgan fingerprint density at radius 2 is 2.36 bits per heavy atom. The van der Waals surface area contributed by atoms with Crippen LogP contribution in [-0.4, -0.2) is 39.2 Å². The van der Waals surface area contributed by atoms with E-state index in [0.717, 1.165) is 31.7 Å². The van der Waals surface area contributed by atoms with Crippen LogP contribution in [0.4, 0.5) is 0 Å². The van der Waals surface area contributed by atoms with Gasteiger partial charge in [0.2, 0.25) is 0 Å². The molecule has 1 aromatic rings. The zero-order valence-corrected chi connectivity index (χ0v) is 8.48. The fourth-order valence-corrected chi connectivity index (χ4v) is 1.70. The summed E-state index contributed by atoms with van der Waals surface area (Å²) in [6, 6.07) is 0. The minimum absolute atomic E-state index is 0.185. The molecule has 0 aliphatic carbocycles. The molecule has 0 amide bonds. The van der Waals surface area contributed by atoms with Crippen molar-refractivity contribution >= 4 is 11.6 Å². The van der Waals surface area contributed by atoms with E-state index < -0.39 is 0 Å². The zero-order valence-electron chi connectivity index (χ0n) is 7.73. The largest absolute Gasteiger partial charge is 0.392 e. The van der Waals surface area contributed by atoms with Gasteiger partial charge in [-0.05, 0) is 6.42 Å². The van der Waals surface area contributed by atoms with E-state index in [0.29, 0.717) is 5.15 Å². The van der Waals surface area contributed by atoms with Crippen molar-refractivity contribution in [2.45, 2.75) is 19.1 Å². The maximum atomic E-state index is 9.32. The van der Waals surface area contributed by atoms with E-state index in [9.17, 15) is 5.11 Å². The molecule has 4 nitrogen and oxygen atoms in total. The highest BCUT2D eigenvalue weighted by Crippen LogP contribution is 2.12. The van der Waals surface area contributed by atoms with Crippen LogP contribution in [0, 0.1) is 0 Å². The minimum atomic E-state index is -0.185. The molecule has 76 valence electrons. The average Bonchev–Trinajstić information content (AvgIpc) is 2.56. The number of hydrogen-bond acceptors (Lipinski definition) is 4. The van der Waals surface area contributed by atoms with Crippen molar-refractivity contribution in [3.8, 4) is 0 Å². The van der Waals surface area contributed by atoms with Gasteiger partial charge in [-0.25, -0.2) is 4.98 Å². The molecular weight excluding hydrogens is 202 g/mol. The molecule has 2 heterocycles. The predicted molar refractivity (Wildman–Crippen MR) is 52.9 cm³/mol. The molecule has 1 aliphatic heterocycles. The molecule has 14 heavy (non-hydrogen) atoms. The van der Waals surface area contributed by atoms with Gasteiger partial charge >= 0.3 is 0 Å². The number of aliphatic hydroxyl groups excluding tert-OH is 1. The summed E-state index contributed by atoms with van der Waals surface area (Å²) < 4.78 is 0. The molecule has 0 unspecified atom stereocenters. The first kappa shape index (κ1) is 9.83. The molecule has 0 aromatic carbocycles.